The molecule has 0 saturated carbocycles. The molecule has 3 N–H and O–H groups in total. The van der Waals surface area contributed by atoms with Gasteiger partial charge in [0, 0.05) is 31.5 Å². The van der Waals surface area contributed by atoms with E-state index in [1.165, 1.54) is 0 Å². The van der Waals surface area contributed by atoms with Crippen LogP contribution in [0.2, 0.25) is 5.02 Å². The van der Waals surface area contributed by atoms with E-state index < -0.39 is 0 Å². The van der Waals surface area contributed by atoms with Gasteiger partial charge in [0.15, 0.2) is 0 Å². The zero-order chi connectivity index (χ0) is 15.2. The molecule has 0 heterocycles. The highest BCUT2D eigenvalue weighted by Gasteiger charge is 2.13. The van der Waals surface area contributed by atoms with Crippen molar-refractivity contribution in [2.45, 2.75) is 0 Å². The Morgan fingerprint density at radius 3 is 2.57 bits per heavy atom. The predicted octanol–water partition coefficient (Wildman–Crippen LogP) is 2.79. The molecule has 0 unspecified atom stereocenters. The quantitative estimate of drug-likeness (QED) is 0.835. The number of anilines is 2. The van der Waals surface area contributed by atoms with Crippen molar-refractivity contribution in [1.82, 2.24) is 5.32 Å². The molecule has 4 nitrogen and oxygen atoms in total. The summed E-state index contributed by atoms with van der Waals surface area (Å²) in [4.78, 5) is 14.2. The van der Waals surface area contributed by atoms with E-state index >= 15 is 0 Å². The average molecular weight is 304 g/mol. The molecule has 2 aromatic carbocycles. The lowest BCUT2D eigenvalue weighted by Gasteiger charge is -2.19. The van der Waals surface area contributed by atoms with E-state index in [0.29, 0.717) is 29.4 Å². The third kappa shape index (κ3) is 3.89. The van der Waals surface area contributed by atoms with Crippen LogP contribution >= 0.6 is 11.6 Å². The lowest BCUT2D eigenvalue weighted by molar-refractivity contribution is 0.0956. The second-order valence-electron chi connectivity index (χ2n) is 4.72. The van der Waals surface area contributed by atoms with Crippen molar-refractivity contribution >= 4 is 28.9 Å². The van der Waals surface area contributed by atoms with Gasteiger partial charge in [-0.3, -0.25) is 4.79 Å². The molecule has 1 amide bonds. The van der Waals surface area contributed by atoms with Crippen molar-refractivity contribution in [2.24, 2.45) is 0 Å². The molecule has 0 aliphatic carbocycles. The van der Waals surface area contributed by atoms with Crippen molar-refractivity contribution in [3.8, 4) is 0 Å². The maximum absolute atomic E-state index is 12.1. The van der Waals surface area contributed by atoms with Crippen molar-refractivity contribution in [3.63, 3.8) is 0 Å². The van der Waals surface area contributed by atoms with Crippen LogP contribution in [-0.4, -0.2) is 26.0 Å². The molecule has 2 rings (SSSR count). The van der Waals surface area contributed by atoms with Crippen LogP contribution in [0.15, 0.2) is 48.5 Å². The topological polar surface area (TPSA) is 58.4 Å². The lowest BCUT2D eigenvalue weighted by Crippen LogP contribution is -2.33. The standard InChI is InChI=1S/C16H18ClN3O/c1-20(12-6-3-2-4-7-12)11-10-19-16(21)15-13(17)8-5-9-14(15)18/h2-9H,10-11,18H2,1H3,(H,19,21). The molecule has 110 valence electrons. The van der Waals surface area contributed by atoms with Crippen molar-refractivity contribution in [2.75, 3.05) is 30.8 Å². The van der Waals surface area contributed by atoms with Crippen molar-refractivity contribution in [1.29, 1.82) is 0 Å². The molecule has 0 spiro atoms. The van der Waals surface area contributed by atoms with Gasteiger partial charge in [-0.1, -0.05) is 35.9 Å². The van der Waals surface area contributed by atoms with Crippen LogP contribution in [0.1, 0.15) is 10.4 Å². The van der Waals surface area contributed by atoms with Gasteiger partial charge >= 0.3 is 0 Å². The van der Waals surface area contributed by atoms with E-state index in [1.54, 1.807) is 18.2 Å². The first-order valence-corrected chi connectivity index (χ1v) is 7.06. The van der Waals surface area contributed by atoms with Crippen LogP contribution in [0.3, 0.4) is 0 Å². The molecule has 0 fully saturated rings. The number of carbonyl (C=O) groups is 1. The first-order chi connectivity index (χ1) is 10.1. The number of nitrogens with two attached hydrogens (primary N) is 1. The molecule has 5 heteroatoms. The summed E-state index contributed by atoms with van der Waals surface area (Å²) in [6, 6.07) is 15.0. The number of rotatable bonds is 5. The van der Waals surface area contributed by atoms with Crippen molar-refractivity contribution in [3.05, 3.63) is 59.1 Å². The van der Waals surface area contributed by atoms with Crippen LogP contribution in [0.25, 0.3) is 0 Å². The molecule has 2 aromatic rings. The Kier molecular flexibility index (Phi) is 5.06. The number of amides is 1. The Balaban J connectivity index is 1.90. The molecular formula is C16H18ClN3O. The molecule has 0 atom stereocenters. The van der Waals surface area contributed by atoms with E-state index in [1.807, 2.05) is 37.4 Å². The number of halogens is 1. The minimum atomic E-state index is -0.250. The number of hydrogen-bond donors (Lipinski definition) is 2. The van der Waals surface area contributed by atoms with E-state index in [2.05, 4.69) is 10.2 Å². The number of para-hydroxylation sites is 1. The van der Waals surface area contributed by atoms with Crippen LogP contribution in [0.5, 0.6) is 0 Å². The van der Waals surface area contributed by atoms with Crippen LogP contribution in [-0.2, 0) is 0 Å². The Morgan fingerprint density at radius 2 is 1.90 bits per heavy atom. The van der Waals surface area contributed by atoms with Gasteiger partial charge in [0.05, 0.1) is 10.6 Å². The summed E-state index contributed by atoms with van der Waals surface area (Å²) in [5.74, 6) is -0.250. The number of nitrogens with one attached hydrogen (secondary N) is 1. The van der Waals surface area contributed by atoms with E-state index in [-0.39, 0.29) is 5.91 Å². The SMILES string of the molecule is CN(CCNC(=O)c1c(N)cccc1Cl)c1ccccc1. The zero-order valence-electron chi connectivity index (χ0n) is 11.8. The van der Waals surface area contributed by atoms with Crippen molar-refractivity contribution < 1.29 is 4.79 Å². The fourth-order valence-corrected chi connectivity index (χ4v) is 2.29. The molecule has 0 radical (unpaired) electrons. The number of nitrogens with zero attached hydrogens (tertiary/aromatic N) is 1. The smallest absolute Gasteiger partial charge is 0.254 e. The minimum Gasteiger partial charge on any atom is -0.398 e. The fourth-order valence-electron chi connectivity index (χ4n) is 2.02. The Morgan fingerprint density at radius 1 is 1.19 bits per heavy atom. The number of hydrogen-bond acceptors (Lipinski definition) is 3. The molecular weight excluding hydrogens is 286 g/mol. The number of nitrogen functional groups attached to an aromatic ring is 1. The third-order valence-corrected chi connectivity index (χ3v) is 3.52. The van der Waals surface area contributed by atoms with Gasteiger partial charge in [-0.15, -0.1) is 0 Å². The summed E-state index contributed by atoms with van der Waals surface area (Å²) in [6.45, 7) is 1.20. The summed E-state index contributed by atoms with van der Waals surface area (Å²) in [5, 5.41) is 3.20. The maximum Gasteiger partial charge on any atom is 0.254 e. The zero-order valence-corrected chi connectivity index (χ0v) is 12.6. The average Bonchev–Trinajstić information content (AvgIpc) is 2.48. The molecule has 0 aliphatic heterocycles. The summed E-state index contributed by atoms with van der Waals surface area (Å²) in [5.41, 5.74) is 7.61. The number of benzene rings is 2. The van der Waals surface area contributed by atoms with Gasteiger partial charge in [0.2, 0.25) is 0 Å². The summed E-state index contributed by atoms with van der Waals surface area (Å²) in [7, 11) is 1.98. The third-order valence-electron chi connectivity index (χ3n) is 3.20. The van der Waals surface area contributed by atoms with E-state index in [0.717, 1.165) is 5.69 Å². The molecule has 21 heavy (non-hydrogen) atoms. The largest absolute Gasteiger partial charge is 0.398 e. The van der Waals surface area contributed by atoms with Gasteiger partial charge in [-0.05, 0) is 24.3 Å². The highest BCUT2D eigenvalue weighted by atomic mass is 35.5. The van der Waals surface area contributed by atoms with E-state index in [4.69, 9.17) is 17.3 Å². The number of likely N-dealkylation sites (N-methyl/N-ethyl adjacent to an activating group) is 1. The summed E-state index contributed by atoms with van der Waals surface area (Å²) >= 11 is 6.01. The second-order valence-corrected chi connectivity index (χ2v) is 5.12. The monoisotopic (exact) mass is 303 g/mol. The fraction of sp³-hybridized carbons (Fsp3) is 0.188. The molecule has 0 aromatic heterocycles. The molecule has 0 saturated heterocycles. The van der Waals surface area contributed by atoms with Gasteiger partial charge in [0.1, 0.15) is 0 Å². The van der Waals surface area contributed by atoms with Gasteiger partial charge < -0.3 is 16.0 Å². The minimum absolute atomic E-state index is 0.250. The first kappa shape index (κ1) is 15.2. The Bertz CT molecular complexity index is 596. The summed E-state index contributed by atoms with van der Waals surface area (Å²) < 4.78 is 0. The predicted molar refractivity (Wildman–Crippen MR) is 87.9 cm³/mol. The maximum atomic E-state index is 12.1. The highest BCUT2D eigenvalue weighted by Crippen LogP contribution is 2.21. The summed E-state index contributed by atoms with van der Waals surface area (Å²) in [6.07, 6.45) is 0. The van der Waals surface area contributed by atoms with Gasteiger partial charge in [-0.2, -0.15) is 0 Å². The van der Waals surface area contributed by atoms with E-state index in [9.17, 15) is 4.79 Å². The van der Waals surface area contributed by atoms with Gasteiger partial charge in [0.25, 0.3) is 5.91 Å². The van der Waals surface area contributed by atoms with Crippen LogP contribution < -0.4 is 16.0 Å². The second kappa shape index (κ2) is 6.99. The van der Waals surface area contributed by atoms with Crippen LogP contribution in [0, 0.1) is 0 Å². The molecule has 0 aliphatic rings. The molecule has 0 bridgehead atoms. The number of carbonyl (C=O) groups excluding carboxylic acids is 1. The Hall–Kier alpha value is -2.20. The normalized spacial score (nSPS) is 10.2. The highest BCUT2D eigenvalue weighted by molar-refractivity contribution is 6.34. The first-order valence-electron chi connectivity index (χ1n) is 6.68. The Labute approximate surface area is 129 Å². The van der Waals surface area contributed by atoms with Gasteiger partial charge in [-0.25, -0.2) is 0 Å². The van der Waals surface area contributed by atoms with Crippen LogP contribution in [0.4, 0.5) is 11.4 Å². The lowest BCUT2D eigenvalue weighted by atomic mass is 10.1.